The van der Waals surface area contributed by atoms with Gasteiger partial charge in [-0.15, -0.1) is 0 Å². The van der Waals surface area contributed by atoms with E-state index in [-0.39, 0.29) is 23.3 Å². The van der Waals surface area contributed by atoms with Crippen molar-refractivity contribution in [3.63, 3.8) is 0 Å². The third kappa shape index (κ3) is 2.80. The van der Waals surface area contributed by atoms with Crippen molar-refractivity contribution in [3.05, 3.63) is 69.5 Å². The van der Waals surface area contributed by atoms with Gasteiger partial charge in [-0.2, -0.15) is 0 Å². The Labute approximate surface area is 113 Å². The standard InChI is InChI=1S/C14H10FNO4/c15-10-6-5-9(12(8-10)16(19)20)7-14(18)11-3-1-2-4-13(11)17/h1-6,8,17H,7H2. The highest BCUT2D eigenvalue weighted by Crippen LogP contribution is 2.23. The molecule has 5 nitrogen and oxygen atoms in total. The van der Waals surface area contributed by atoms with Crippen molar-refractivity contribution in [2.24, 2.45) is 0 Å². The van der Waals surface area contributed by atoms with Crippen LogP contribution in [0.3, 0.4) is 0 Å². The smallest absolute Gasteiger partial charge is 0.275 e. The summed E-state index contributed by atoms with van der Waals surface area (Å²) < 4.78 is 13.0. The average Bonchev–Trinajstić information content (AvgIpc) is 2.41. The number of halogens is 1. The van der Waals surface area contributed by atoms with Crippen molar-refractivity contribution in [2.75, 3.05) is 0 Å². The summed E-state index contributed by atoms with van der Waals surface area (Å²) in [6.07, 6.45) is -0.284. The Kier molecular flexibility index (Phi) is 3.74. The number of aromatic hydroxyl groups is 1. The molecule has 1 N–H and O–H groups in total. The summed E-state index contributed by atoms with van der Waals surface area (Å²) in [4.78, 5) is 22.1. The molecule has 6 heteroatoms. The number of phenols is 1. The molecule has 0 bridgehead atoms. The van der Waals surface area contributed by atoms with E-state index in [1.807, 2.05) is 0 Å². The lowest BCUT2D eigenvalue weighted by Gasteiger charge is -2.04. The number of ketones is 1. The zero-order valence-electron chi connectivity index (χ0n) is 10.2. The van der Waals surface area contributed by atoms with E-state index in [2.05, 4.69) is 0 Å². The lowest BCUT2D eigenvalue weighted by Crippen LogP contribution is -2.06. The maximum atomic E-state index is 13.0. The summed E-state index contributed by atoms with van der Waals surface area (Å²) >= 11 is 0. The van der Waals surface area contributed by atoms with Crippen LogP contribution in [0.1, 0.15) is 15.9 Å². The van der Waals surface area contributed by atoms with Crippen LogP contribution < -0.4 is 0 Å². The van der Waals surface area contributed by atoms with Crippen LogP contribution in [0.15, 0.2) is 42.5 Å². The van der Waals surface area contributed by atoms with E-state index < -0.39 is 22.2 Å². The van der Waals surface area contributed by atoms with Crippen LogP contribution in [0.2, 0.25) is 0 Å². The molecular weight excluding hydrogens is 265 g/mol. The lowest BCUT2D eigenvalue weighted by atomic mass is 10.0. The van der Waals surface area contributed by atoms with Gasteiger partial charge < -0.3 is 5.11 Å². The maximum Gasteiger partial charge on any atom is 0.275 e. The Bertz CT molecular complexity index is 685. The molecular formula is C14H10FNO4. The van der Waals surface area contributed by atoms with Crippen LogP contribution in [0, 0.1) is 15.9 Å². The highest BCUT2D eigenvalue weighted by atomic mass is 19.1. The monoisotopic (exact) mass is 275 g/mol. The second kappa shape index (κ2) is 5.48. The lowest BCUT2D eigenvalue weighted by molar-refractivity contribution is -0.385. The molecule has 0 aliphatic heterocycles. The SMILES string of the molecule is O=C(Cc1ccc(F)cc1[N+](=O)[O-])c1ccccc1O. The molecule has 20 heavy (non-hydrogen) atoms. The van der Waals surface area contributed by atoms with Gasteiger partial charge in [0.25, 0.3) is 5.69 Å². The zero-order valence-corrected chi connectivity index (χ0v) is 10.2. The molecule has 0 heterocycles. The Morgan fingerprint density at radius 1 is 1.25 bits per heavy atom. The zero-order chi connectivity index (χ0) is 14.7. The Hall–Kier alpha value is -2.76. The molecule has 102 valence electrons. The van der Waals surface area contributed by atoms with Gasteiger partial charge in [0.2, 0.25) is 0 Å². The topological polar surface area (TPSA) is 80.4 Å². The van der Waals surface area contributed by atoms with Crippen LogP contribution >= 0.6 is 0 Å². The first-order valence-corrected chi connectivity index (χ1v) is 5.73. The van der Waals surface area contributed by atoms with Crippen LogP contribution in [0.5, 0.6) is 5.75 Å². The Balaban J connectivity index is 2.33. The predicted octanol–water partition coefficient (Wildman–Crippen LogP) is 2.86. The number of carbonyl (C=O) groups excluding carboxylic acids is 1. The van der Waals surface area contributed by atoms with Crippen LogP contribution in [-0.4, -0.2) is 15.8 Å². The number of nitro benzene ring substituents is 1. The number of carbonyl (C=O) groups is 1. The Morgan fingerprint density at radius 2 is 1.95 bits per heavy atom. The molecule has 2 aromatic rings. The summed E-state index contributed by atoms with van der Waals surface area (Å²) in [6.45, 7) is 0. The Morgan fingerprint density at radius 3 is 2.60 bits per heavy atom. The second-order valence-electron chi connectivity index (χ2n) is 4.15. The summed E-state index contributed by atoms with van der Waals surface area (Å²) in [7, 11) is 0. The third-order valence-electron chi connectivity index (χ3n) is 2.80. The fourth-order valence-electron chi connectivity index (χ4n) is 1.83. The van der Waals surface area contributed by atoms with Gasteiger partial charge in [0, 0.05) is 12.0 Å². The van der Waals surface area contributed by atoms with Gasteiger partial charge in [-0.25, -0.2) is 4.39 Å². The number of nitrogens with zero attached hydrogens (tertiary/aromatic N) is 1. The quantitative estimate of drug-likeness (QED) is 0.528. The molecule has 0 unspecified atom stereocenters. The number of benzene rings is 2. The summed E-state index contributed by atoms with van der Waals surface area (Å²) in [6, 6.07) is 8.94. The predicted molar refractivity (Wildman–Crippen MR) is 69.2 cm³/mol. The van der Waals surface area contributed by atoms with E-state index in [1.54, 1.807) is 12.1 Å². The summed E-state index contributed by atoms with van der Waals surface area (Å²) in [5, 5.41) is 20.4. The van der Waals surface area contributed by atoms with Crippen LogP contribution in [0.4, 0.5) is 10.1 Å². The largest absolute Gasteiger partial charge is 0.507 e. The van der Waals surface area contributed by atoms with Crippen LogP contribution in [-0.2, 0) is 6.42 Å². The highest BCUT2D eigenvalue weighted by molar-refractivity contribution is 6.00. The number of rotatable bonds is 4. The first-order chi connectivity index (χ1) is 9.49. The number of nitro groups is 1. The van der Waals surface area contributed by atoms with Gasteiger partial charge in [-0.3, -0.25) is 14.9 Å². The fraction of sp³-hybridized carbons (Fsp3) is 0.0714. The van der Waals surface area contributed by atoms with Gasteiger partial charge in [0.15, 0.2) is 5.78 Å². The van der Waals surface area contributed by atoms with Crippen molar-refractivity contribution < 1.29 is 19.2 Å². The third-order valence-corrected chi connectivity index (χ3v) is 2.80. The van der Waals surface area contributed by atoms with E-state index in [0.29, 0.717) is 0 Å². The minimum absolute atomic E-state index is 0.0751. The maximum absolute atomic E-state index is 13.0. The van der Waals surface area contributed by atoms with Gasteiger partial charge >= 0.3 is 0 Å². The van der Waals surface area contributed by atoms with E-state index in [1.165, 1.54) is 18.2 Å². The van der Waals surface area contributed by atoms with Crippen molar-refractivity contribution in [2.45, 2.75) is 6.42 Å². The molecule has 0 aromatic heterocycles. The van der Waals surface area contributed by atoms with Crippen molar-refractivity contribution in [1.82, 2.24) is 0 Å². The number of hydrogen-bond acceptors (Lipinski definition) is 4. The molecule has 0 saturated heterocycles. The van der Waals surface area contributed by atoms with E-state index in [9.17, 15) is 24.4 Å². The van der Waals surface area contributed by atoms with Gasteiger partial charge in [-0.1, -0.05) is 12.1 Å². The number of para-hydroxylation sites is 1. The van der Waals surface area contributed by atoms with Crippen molar-refractivity contribution in [1.29, 1.82) is 0 Å². The fourth-order valence-corrected chi connectivity index (χ4v) is 1.83. The second-order valence-corrected chi connectivity index (χ2v) is 4.15. The van der Waals surface area contributed by atoms with Crippen molar-refractivity contribution >= 4 is 11.5 Å². The molecule has 0 atom stereocenters. The van der Waals surface area contributed by atoms with Gasteiger partial charge in [0.1, 0.15) is 11.6 Å². The van der Waals surface area contributed by atoms with Crippen molar-refractivity contribution in [3.8, 4) is 5.75 Å². The molecule has 0 fully saturated rings. The molecule has 0 amide bonds. The molecule has 0 saturated carbocycles. The average molecular weight is 275 g/mol. The minimum atomic E-state index is -0.740. The summed E-state index contributed by atoms with van der Waals surface area (Å²) in [5.41, 5.74) is -0.274. The summed E-state index contributed by atoms with van der Waals surface area (Å²) in [5.74, 6) is -1.41. The number of phenolic OH excluding ortho intramolecular Hbond substituents is 1. The molecule has 0 spiro atoms. The van der Waals surface area contributed by atoms with E-state index in [0.717, 1.165) is 12.1 Å². The first kappa shape index (κ1) is 13.7. The van der Waals surface area contributed by atoms with E-state index >= 15 is 0 Å². The molecule has 0 aliphatic rings. The minimum Gasteiger partial charge on any atom is -0.507 e. The van der Waals surface area contributed by atoms with Gasteiger partial charge in [0.05, 0.1) is 16.6 Å². The first-order valence-electron chi connectivity index (χ1n) is 5.73. The molecule has 2 rings (SSSR count). The number of Topliss-reactive ketones (excluding diaryl/α,β-unsaturated/α-hetero) is 1. The van der Waals surface area contributed by atoms with Crippen LogP contribution in [0.25, 0.3) is 0 Å². The van der Waals surface area contributed by atoms with E-state index in [4.69, 9.17) is 0 Å². The highest BCUT2D eigenvalue weighted by Gasteiger charge is 2.19. The number of hydrogen-bond donors (Lipinski definition) is 1. The molecule has 0 aliphatic carbocycles. The van der Waals surface area contributed by atoms with Gasteiger partial charge in [-0.05, 0) is 24.3 Å². The molecule has 2 aromatic carbocycles. The molecule has 0 radical (unpaired) electrons. The normalized spacial score (nSPS) is 10.2.